The summed E-state index contributed by atoms with van der Waals surface area (Å²) in [5, 5.41) is 9.35. The maximum Gasteiger partial charge on any atom is 0.169 e. The summed E-state index contributed by atoms with van der Waals surface area (Å²) < 4.78 is 5.08. The maximum atomic E-state index is 9.35. The first-order valence-electron chi connectivity index (χ1n) is 4.63. The van der Waals surface area contributed by atoms with Gasteiger partial charge in [0.2, 0.25) is 0 Å². The van der Waals surface area contributed by atoms with Gasteiger partial charge in [-0.1, -0.05) is 20.8 Å². The van der Waals surface area contributed by atoms with Crippen LogP contribution in [0.2, 0.25) is 0 Å². The highest BCUT2D eigenvalue weighted by Crippen LogP contribution is 2.06. The lowest BCUT2D eigenvalue weighted by Crippen LogP contribution is -2.37. The topological polar surface area (TPSA) is 55.5 Å². The van der Waals surface area contributed by atoms with Crippen molar-refractivity contribution < 1.29 is 9.84 Å². The molecule has 1 unspecified atom stereocenters. The fourth-order valence-corrected chi connectivity index (χ4v) is 1.02. The number of rotatable bonds is 6. The molecule has 0 saturated heterocycles. The smallest absolute Gasteiger partial charge is 0.169 e. The first-order chi connectivity index (χ1) is 5.57. The van der Waals surface area contributed by atoms with Gasteiger partial charge in [0, 0.05) is 6.61 Å². The Kier molecular flexibility index (Phi) is 6.34. The van der Waals surface area contributed by atoms with Gasteiger partial charge in [-0.05, 0) is 18.8 Å². The van der Waals surface area contributed by atoms with Crippen molar-refractivity contribution in [1.29, 1.82) is 0 Å². The molecule has 3 heteroatoms. The van der Waals surface area contributed by atoms with Gasteiger partial charge in [0.05, 0.1) is 6.04 Å². The summed E-state index contributed by atoms with van der Waals surface area (Å²) in [4.78, 5) is 0. The molecule has 0 aromatic carbocycles. The van der Waals surface area contributed by atoms with Crippen molar-refractivity contribution in [3.05, 3.63) is 0 Å². The minimum Gasteiger partial charge on any atom is -0.367 e. The highest BCUT2D eigenvalue weighted by Gasteiger charge is 2.15. The standard InChI is InChI=1S/C9H21NO2/c1-4-5-12-9(11)8(10)6-7(2)3/h7-9,11H,4-6,10H2,1-3H3/t8-,9?/m1/s1. The zero-order valence-electron chi connectivity index (χ0n) is 8.29. The van der Waals surface area contributed by atoms with E-state index in [-0.39, 0.29) is 6.04 Å². The van der Waals surface area contributed by atoms with Crippen molar-refractivity contribution in [2.75, 3.05) is 6.61 Å². The third-order valence-corrected chi connectivity index (χ3v) is 1.60. The van der Waals surface area contributed by atoms with Crippen LogP contribution in [0, 0.1) is 5.92 Å². The number of aliphatic hydroxyl groups excluding tert-OH is 1. The number of nitrogens with two attached hydrogens (primary N) is 1. The van der Waals surface area contributed by atoms with Crippen LogP contribution in [0.15, 0.2) is 0 Å². The van der Waals surface area contributed by atoms with E-state index in [1.165, 1.54) is 0 Å². The molecule has 0 bridgehead atoms. The van der Waals surface area contributed by atoms with Crippen molar-refractivity contribution in [2.45, 2.75) is 45.9 Å². The molecule has 74 valence electrons. The average molecular weight is 175 g/mol. The highest BCUT2D eigenvalue weighted by molar-refractivity contribution is 4.65. The van der Waals surface area contributed by atoms with Gasteiger partial charge < -0.3 is 15.6 Å². The Labute approximate surface area is 74.9 Å². The molecular formula is C9H21NO2. The maximum absolute atomic E-state index is 9.35. The molecule has 0 aliphatic heterocycles. The van der Waals surface area contributed by atoms with Crippen LogP contribution in [0.1, 0.15) is 33.6 Å². The average Bonchev–Trinajstić information content (AvgIpc) is 1.98. The van der Waals surface area contributed by atoms with Crippen LogP contribution in [-0.4, -0.2) is 24.0 Å². The monoisotopic (exact) mass is 175 g/mol. The zero-order valence-corrected chi connectivity index (χ0v) is 8.29. The molecule has 0 saturated carbocycles. The van der Waals surface area contributed by atoms with Gasteiger partial charge in [0.1, 0.15) is 0 Å². The van der Waals surface area contributed by atoms with Crippen LogP contribution in [0.4, 0.5) is 0 Å². The predicted molar refractivity (Wildman–Crippen MR) is 49.7 cm³/mol. The number of ether oxygens (including phenoxy) is 1. The minimum absolute atomic E-state index is 0.253. The summed E-state index contributed by atoms with van der Waals surface area (Å²) in [6.07, 6.45) is 0.906. The Bertz CT molecular complexity index is 107. The van der Waals surface area contributed by atoms with E-state index in [1.54, 1.807) is 0 Å². The summed E-state index contributed by atoms with van der Waals surface area (Å²) in [5.74, 6) is 0.500. The summed E-state index contributed by atoms with van der Waals surface area (Å²) in [6, 6.07) is -0.253. The van der Waals surface area contributed by atoms with Crippen LogP contribution in [0.5, 0.6) is 0 Å². The van der Waals surface area contributed by atoms with Crippen molar-refractivity contribution in [1.82, 2.24) is 0 Å². The second kappa shape index (κ2) is 6.40. The van der Waals surface area contributed by atoms with Crippen LogP contribution >= 0.6 is 0 Å². The van der Waals surface area contributed by atoms with Gasteiger partial charge >= 0.3 is 0 Å². The first kappa shape index (κ1) is 11.9. The van der Waals surface area contributed by atoms with E-state index in [0.29, 0.717) is 12.5 Å². The predicted octanol–water partition coefficient (Wildman–Crippen LogP) is 1.10. The third-order valence-electron chi connectivity index (χ3n) is 1.60. The van der Waals surface area contributed by atoms with E-state index in [0.717, 1.165) is 12.8 Å². The molecule has 0 amide bonds. The van der Waals surface area contributed by atoms with Crippen molar-refractivity contribution in [3.63, 3.8) is 0 Å². The summed E-state index contributed by atoms with van der Waals surface area (Å²) >= 11 is 0. The molecule has 0 rings (SSSR count). The van der Waals surface area contributed by atoms with Crippen LogP contribution in [0.25, 0.3) is 0 Å². The first-order valence-corrected chi connectivity index (χ1v) is 4.63. The second-order valence-electron chi connectivity index (χ2n) is 3.55. The van der Waals surface area contributed by atoms with Crippen molar-refractivity contribution >= 4 is 0 Å². The van der Waals surface area contributed by atoms with Gasteiger partial charge in [-0.15, -0.1) is 0 Å². The normalized spacial score (nSPS) is 16.5. The molecule has 2 atom stereocenters. The Hall–Kier alpha value is -0.120. The van der Waals surface area contributed by atoms with Gasteiger partial charge in [-0.2, -0.15) is 0 Å². The van der Waals surface area contributed by atoms with Crippen molar-refractivity contribution in [2.24, 2.45) is 11.7 Å². The fraction of sp³-hybridized carbons (Fsp3) is 1.00. The lowest BCUT2D eigenvalue weighted by Gasteiger charge is -2.20. The molecular weight excluding hydrogens is 154 g/mol. The molecule has 0 spiro atoms. The largest absolute Gasteiger partial charge is 0.367 e. The molecule has 3 nitrogen and oxygen atoms in total. The van der Waals surface area contributed by atoms with E-state index in [4.69, 9.17) is 10.5 Å². The Morgan fingerprint density at radius 1 is 1.42 bits per heavy atom. The zero-order chi connectivity index (χ0) is 9.56. The minimum atomic E-state index is -0.799. The summed E-state index contributed by atoms with van der Waals surface area (Å²) in [5.41, 5.74) is 5.68. The van der Waals surface area contributed by atoms with Gasteiger partial charge in [-0.3, -0.25) is 0 Å². The van der Waals surface area contributed by atoms with E-state index < -0.39 is 6.29 Å². The summed E-state index contributed by atoms with van der Waals surface area (Å²) in [7, 11) is 0. The lowest BCUT2D eigenvalue weighted by atomic mass is 10.0. The number of aliphatic hydroxyl groups is 1. The molecule has 0 fully saturated rings. The molecule has 0 aliphatic rings. The molecule has 0 radical (unpaired) electrons. The molecule has 0 heterocycles. The quantitative estimate of drug-likeness (QED) is 0.594. The third kappa shape index (κ3) is 5.52. The molecule has 0 aliphatic carbocycles. The second-order valence-corrected chi connectivity index (χ2v) is 3.55. The molecule has 0 aromatic rings. The highest BCUT2D eigenvalue weighted by atomic mass is 16.6. The fourth-order valence-electron chi connectivity index (χ4n) is 1.02. The van der Waals surface area contributed by atoms with Gasteiger partial charge in [-0.25, -0.2) is 0 Å². The summed E-state index contributed by atoms with van der Waals surface area (Å²) in [6.45, 7) is 6.73. The van der Waals surface area contributed by atoms with Crippen LogP contribution in [0.3, 0.4) is 0 Å². The van der Waals surface area contributed by atoms with E-state index in [1.807, 2.05) is 6.92 Å². The van der Waals surface area contributed by atoms with Crippen molar-refractivity contribution in [3.8, 4) is 0 Å². The molecule has 0 aromatic heterocycles. The Morgan fingerprint density at radius 3 is 2.42 bits per heavy atom. The van der Waals surface area contributed by atoms with Crippen LogP contribution in [-0.2, 0) is 4.74 Å². The van der Waals surface area contributed by atoms with E-state index in [2.05, 4.69) is 13.8 Å². The van der Waals surface area contributed by atoms with Gasteiger partial charge in [0.15, 0.2) is 6.29 Å². The Morgan fingerprint density at radius 2 is 2.00 bits per heavy atom. The molecule has 3 N–H and O–H groups in total. The van der Waals surface area contributed by atoms with Crippen LogP contribution < -0.4 is 5.73 Å². The molecule has 12 heavy (non-hydrogen) atoms. The SMILES string of the molecule is CCCOC(O)[C@H](N)CC(C)C. The van der Waals surface area contributed by atoms with E-state index in [9.17, 15) is 5.11 Å². The van der Waals surface area contributed by atoms with Gasteiger partial charge in [0.25, 0.3) is 0 Å². The Balaban J connectivity index is 3.53. The number of hydrogen-bond donors (Lipinski definition) is 2. The number of hydrogen-bond acceptors (Lipinski definition) is 3. The lowest BCUT2D eigenvalue weighted by molar-refractivity contribution is -0.115. The van der Waals surface area contributed by atoms with E-state index >= 15 is 0 Å².